The normalized spacial score (nSPS) is 28.5. The van der Waals surface area contributed by atoms with Crippen molar-refractivity contribution < 1.29 is 18.7 Å². The number of carbonyl (C=O) groups is 1. The van der Waals surface area contributed by atoms with Gasteiger partial charge >= 0.3 is 0 Å². The van der Waals surface area contributed by atoms with E-state index in [-0.39, 0.29) is 24.7 Å². The van der Waals surface area contributed by atoms with Crippen LogP contribution in [0.15, 0.2) is 23.0 Å². The number of likely N-dealkylation sites (N-methyl/N-ethyl adjacent to an activating group) is 1. The molecular weight excluding hydrogens is 284 g/mol. The number of ether oxygens (including phenoxy) is 2. The van der Waals surface area contributed by atoms with E-state index in [1.165, 1.54) is 5.56 Å². The van der Waals surface area contributed by atoms with Gasteiger partial charge in [0.05, 0.1) is 31.3 Å². The highest BCUT2D eigenvalue weighted by molar-refractivity contribution is 5.76. The zero-order valence-corrected chi connectivity index (χ0v) is 13.2. The Bertz CT molecular complexity index is 488. The predicted octanol–water partition coefficient (Wildman–Crippen LogP) is 1.12. The second-order valence-corrected chi connectivity index (χ2v) is 6.22. The number of amides is 1. The Balaban J connectivity index is 1.57. The number of rotatable bonds is 5. The molecule has 22 heavy (non-hydrogen) atoms. The first-order valence-corrected chi connectivity index (χ1v) is 7.83. The van der Waals surface area contributed by atoms with E-state index in [1.54, 1.807) is 31.5 Å². The van der Waals surface area contributed by atoms with Crippen molar-refractivity contribution in [1.82, 2.24) is 9.80 Å². The van der Waals surface area contributed by atoms with Gasteiger partial charge in [0.15, 0.2) is 0 Å². The lowest BCUT2D eigenvalue weighted by atomic mass is 10.1. The number of carbonyl (C=O) groups excluding carboxylic acids is 1. The van der Waals surface area contributed by atoms with Gasteiger partial charge in [-0.1, -0.05) is 0 Å². The van der Waals surface area contributed by atoms with Crippen molar-refractivity contribution in [2.75, 3.05) is 33.9 Å². The second kappa shape index (κ2) is 6.81. The Hall–Kier alpha value is -1.37. The lowest BCUT2D eigenvalue weighted by Gasteiger charge is -2.38. The van der Waals surface area contributed by atoms with E-state index in [4.69, 9.17) is 13.9 Å². The van der Waals surface area contributed by atoms with E-state index in [0.717, 1.165) is 25.9 Å². The minimum absolute atomic E-state index is 0.00508. The molecule has 2 aliphatic rings. The highest BCUT2D eigenvalue weighted by Gasteiger charge is 2.43. The summed E-state index contributed by atoms with van der Waals surface area (Å²) in [4.78, 5) is 15.7. The van der Waals surface area contributed by atoms with Crippen molar-refractivity contribution in [3.8, 4) is 0 Å². The zero-order valence-electron chi connectivity index (χ0n) is 13.2. The molecule has 0 bridgehead atoms. The largest absolute Gasteiger partial charge is 0.472 e. The molecule has 0 unspecified atom stereocenters. The van der Waals surface area contributed by atoms with Crippen molar-refractivity contribution >= 4 is 5.91 Å². The minimum Gasteiger partial charge on any atom is -0.472 e. The standard InChI is InChI=1S/C16H24N2O4/c1-17(2)15(19)11-22-14-4-3-13-16(14)21-8-6-18(13)9-12-5-7-20-10-12/h5,7,10,13-14,16H,3-4,6,8-9,11H2,1-2H3/t13-,14+,16+/m0/s1. The Labute approximate surface area is 131 Å². The summed E-state index contributed by atoms with van der Waals surface area (Å²) in [7, 11) is 3.49. The molecule has 1 aliphatic heterocycles. The van der Waals surface area contributed by atoms with E-state index in [9.17, 15) is 4.79 Å². The van der Waals surface area contributed by atoms with Gasteiger partial charge in [0, 0.05) is 38.8 Å². The highest BCUT2D eigenvalue weighted by atomic mass is 16.5. The molecule has 0 aromatic carbocycles. The lowest BCUT2D eigenvalue weighted by Crippen LogP contribution is -2.51. The molecule has 6 nitrogen and oxygen atoms in total. The van der Waals surface area contributed by atoms with Gasteiger partial charge < -0.3 is 18.8 Å². The van der Waals surface area contributed by atoms with Crippen LogP contribution >= 0.6 is 0 Å². The summed E-state index contributed by atoms with van der Waals surface area (Å²) >= 11 is 0. The molecule has 122 valence electrons. The molecular formula is C16H24N2O4. The van der Waals surface area contributed by atoms with Gasteiger partial charge in [0.25, 0.3) is 0 Å². The molecule has 2 heterocycles. The van der Waals surface area contributed by atoms with Gasteiger partial charge in [-0.25, -0.2) is 0 Å². The van der Waals surface area contributed by atoms with E-state index in [2.05, 4.69) is 4.90 Å². The van der Waals surface area contributed by atoms with Crippen molar-refractivity contribution in [2.24, 2.45) is 0 Å². The quantitative estimate of drug-likeness (QED) is 0.816. The van der Waals surface area contributed by atoms with Crippen LogP contribution in [-0.4, -0.2) is 67.8 Å². The average molecular weight is 308 g/mol. The first kappa shape index (κ1) is 15.5. The van der Waals surface area contributed by atoms with Gasteiger partial charge in [0.1, 0.15) is 6.61 Å². The third kappa shape index (κ3) is 3.34. The Kier molecular flexibility index (Phi) is 4.81. The average Bonchev–Trinajstić information content (AvgIpc) is 3.14. The van der Waals surface area contributed by atoms with Crippen molar-refractivity contribution in [1.29, 1.82) is 0 Å². The lowest BCUT2D eigenvalue weighted by molar-refractivity contribution is -0.144. The molecule has 1 saturated carbocycles. The first-order valence-electron chi connectivity index (χ1n) is 7.83. The monoisotopic (exact) mass is 308 g/mol. The number of hydrogen-bond donors (Lipinski definition) is 0. The van der Waals surface area contributed by atoms with E-state index >= 15 is 0 Å². The number of nitrogens with zero attached hydrogens (tertiary/aromatic N) is 2. The molecule has 1 aromatic rings. The van der Waals surface area contributed by atoms with Crippen molar-refractivity contribution in [3.05, 3.63) is 24.2 Å². The Morgan fingerprint density at radius 2 is 2.32 bits per heavy atom. The van der Waals surface area contributed by atoms with Crippen LogP contribution in [0.4, 0.5) is 0 Å². The van der Waals surface area contributed by atoms with Gasteiger partial charge in [-0.15, -0.1) is 0 Å². The maximum atomic E-state index is 11.7. The molecule has 2 fully saturated rings. The van der Waals surface area contributed by atoms with Gasteiger partial charge in [-0.2, -0.15) is 0 Å². The number of fused-ring (bicyclic) bond motifs is 1. The SMILES string of the molecule is CN(C)C(=O)CO[C@@H]1CC[C@H]2[C@H]1OCCN2Cc1ccoc1. The topological polar surface area (TPSA) is 55.2 Å². The van der Waals surface area contributed by atoms with E-state index in [0.29, 0.717) is 12.6 Å². The number of furan rings is 1. The fourth-order valence-electron chi connectivity index (χ4n) is 3.29. The van der Waals surface area contributed by atoms with Crippen LogP contribution in [0.2, 0.25) is 0 Å². The maximum Gasteiger partial charge on any atom is 0.248 e. The smallest absolute Gasteiger partial charge is 0.248 e. The third-order valence-corrected chi connectivity index (χ3v) is 4.54. The first-order chi connectivity index (χ1) is 10.6. The molecule has 3 rings (SSSR count). The maximum absolute atomic E-state index is 11.7. The molecule has 0 radical (unpaired) electrons. The van der Waals surface area contributed by atoms with Gasteiger partial charge in [-0.05, 0) is 18.9 Å². The summed E-state index contributed by atoms with van der Waals surface area (Å²) in [6.45, 7) is 2.65. The van der Waals surface area contributed by atoms with E-state index in [1.807, 2.05) is 6.07 Å². The summed E-state index contributed by atoms with van der Waals surface area (Å²) in [6, 6.07) is 2.37. The van der Waals surface area contributed by atoms with Crippen LogP contribution in [-0.2, 0) is 20.8 Å². The molecule has 1 amide bonds. The number of hydrogen-bond acceptors (Lipinski definition) is 5. The van der Waals surface area contributed by atoms with Crippen LogP contribution in [0.3, 0.4) is 0 Å². The molecule has 6 heteroatoms. The highest BCUT2D eigenvalue weighted by Crippen LogP contribution is 2.33. The zero-order chi connectivity index (χ0) is 15.5. The van der Waals surface area contributed by atoms with Crippen LogP contribution in [0.1, 0.15) is 18.4 Å². The molecule has 1 aromatic heterocycles. The summed E-state index contributed by atoms with van der Waals surface area (Å²) in [5.74, 6) is -0.00508. The summed E-state index contributed by atoms with van der Waals surface area (Å²) in [5, 5.41) is 0. The van der Waals surface area contributed by atoms with Crippen LogP contribution < -0.4 is 0 Å². The summed E-state index contributed by atoms with van der Waals surface area (Å²) < 4.78 is 16.9. The van der Waals surface area contributed by atoms with E-state index < -0.39 is 0 Å². The van der Waals surface area contributed by atoms with Crippen molar-refractivity contribution in [2.45, 2.75) is 37.6 Å². The minimum atomic E-state index is -0.00508. The predicted molar refractivity (Wildman–Crippen MR) is 80.3 cm³/mol. The van der Waals surface area contributed by atoms with Gasteiger partial charge in [0.2, 0.25) is 5.91 Å². The molecule has 0 N–H and O–H groups in total. The molecule has 1 aliphatic carbocycles. The van der Waals surface area contributed by atoms with Crippen LogP contribution in [0.25, 0.3) is 0 Å². The third-order valence-electron chi connectivity index (χ3n) is 4.54. The van der Waals surface area contributed by atoms with Crippen molar-refractivity contribution in [3.63, 3.8) is 0 Å². The van der Waals surface area contributed by atoms with Crippen LogP contribution in [0.5, 0.6) is 0 Å². The fourth-order valence-corrected chi connectivity index (χ4v) is 3.29. The Morgan fingerprint density at radius 1 is 1.45 bits per heavy atom. The fraction of sp³-hybridized carbons (Fsp3) is 0.688. The molecule has 0 spiro atoms. The summed E-state index contributed by atoms with van der Waals surface area (Å²) in [5.41, 5.74) is 1.19. The summed E-state index contributed by atoms with van der Waals surface area (Å²) in [6.07, 6.45) is 5.57. The number of morpholine rings is 1. The molecule has 1 saturated heterocycles. The van der Waals surface area contributed by atoms with Gasteiger partial charge in [-0.3, -0.25) is 9.69 Å². The van der Waals surface area contributed by atoms with Crippen LogP contribution in [0, 0.1) is 0 Å². The Morgan fingerprint density at radius 3 is 3.05 bits per heavy atom. The second-order valence-electron chi connectivity index (χ2n) is 6.22. The molecule has 3 atom stereocenters.